The zero-order valence-corrected chi connectivity index (χ0v) is 15.7. The van der Waals surface area contributed by atoms with E-state index in [2.05, 4.69) is 43.4 Å². The van der Waals surface area contributed by atoms with Crippen molar-refractivity contribution in [1.29, 1.82) is 0 Å². The quantitative estimate of drug-likeness (QED) is 0.631. The molecule has 2 rings (SSSR count). The van der Waals surface area contributed by atoms with Gasteiger partial charge in [-0.25, -0.2) is 4.39 Å². The van der Waals surface area contributed by atoms with Crippen molar-refractivity contribution in [2.24, 2.45) is 5.92 Å². The molecule has 0 heterocycles. The molecule has 0 spiro atoms. The summed E-state index contributed by atoms with van der Waals surface area (Å²) in [5, 5.41) is 2.32. The molecule has 3 heteroatoms. The van der Waals surface area contributed by atoms with E-state index in [1.54, 1.807) is 7.11 Å². The van der Waals surface area contributed by atoms with Crippen molar-refractivity contribution in [3.05, 3.63) is 65.5 Å². The SMILES string of the molecule is COc1ccc([C@H](CC[NH2+]Cc2ccc(F)cc2)CCC(C)C)cc1. The molecule has 0 unspecified atom stereocenters. The molecule has 0 saturated heterocycles. The van der Waals surface area contributed by atoms with Crippen molar-refractivity contribution in [3.63, 3.8) is 0 Å². The lowest BCUT2D eigenvalue weighted by Gasteiger charge is -2.18. The van der Waals surface area contributed by atoms with Gasteiger partial charge in [0.25, 0.3) is 0 Å². The summed E-state index contributed by atoms with van der Waals surface area (Å²) >= 11 is 0. The number of methoxy groups -OCH3 is 1. The average Bonchev–Trinajstić information content (AvgIpc) is 2.62. The van der Waals surface area contributed by atoms with Crippen LogP contribution in [0, 0.1) is 11.7 Å². The van der Waals surface area contributed by atoms with Crippen LogP contribution >= 0.6 is 0 Å². The normalized spacial score (nSPS) is 12.4. The van der Waals surface area contributed by atoms with Gasteiger partial charge >= 0.3 is 0 Å². The van der Waals surface area contributed by atoms with Gasteiger partial charge in [0.15, 0.2) is 0 Å². The van der Waals surface area contributed by atoms with Crippen LogP contribution in [0.15, 0.2) is 48.5 Å². The van der Waals surface area contributed by atoms with Crippen molar-refractivity contribution in [1.82, 2.24) is 0 Å². The van der Waals surface area contributed by atoms with E-state index < -0.39 is 0 Å². The smallest absolute Gasteiger partial charge is 0.123 e. The Morgan fingerprint density at radius 1 is 0.920 bits per heavy atom. The molecule has 0 aromatic heterocycles. The highest BCUT2D eigenvalue weighted by Gasteiger charge is 2.13. The molecule has 0 fully saturated rings. The highest BCUT2D eigenvalue weighted by molar-refractivity contribution is 5.29. The van der Waals surface area contributed by atoms with Crippen molar-refractivity contribution in [2.45, 2.75) is 45.6 Å². The van der Waals surface area contributed by atoms with E-state index >= 15 is 0 Å². The Morgan fingerprint density at radius 3 is 2.20 bits per heavy atom. The van der Waals surface area contributed by atoms with Gasteiger partial charge in [-0.15, -0.1) is 0 Å². The first kappa shape index (κ1) is 19.5. The van der Waals surface area contributed by atoms with Crippen molar-refractivity contribution >= 4 is 0 Å². The van der Waals surface area contributed by atoms with Gasteiger partial charge in [0.2, 0.25) is 0 Å². The van der Waals surface area contributed by atoms with Gasteiger partial charge in [0, 0.05) is 12.0 Å². The summed E-state index contributed by atoms with van der Waals surface area (Å²) in [6.07, 6.45) is 3.61. The third-order valence-electron chi connectivity index (χ3n) is 4.69. The van der Waals surface area contributed by atoms with Crippen molar-refractivity contribution in [2.75, 3.05) is 13.7 Å². The van der Waals surface area contributed by atoms with Crippen molar-refractivity contribution in [3.8, 4) is 5.75 Å². The molecule has 0 amide bonds. The molecule has 2 nitrogen and oxygen atoms in total. The number of quaternary nitrogens is 1. The van der Waals surface area contributed by atoms with E-state index in [4.69, 9.17) is 4.74 Å². The number of hydrogen-bond acceptors (Lipinski definition) is 1. The van der Waals surface area contributed by atoms with Crippen LogP contribution in [0.1, 0.15) is 50.2 Å². The maximum Gasteiger partial charge on any atom is 0.123 e. The summed E-state index contributed by atoms with van der Waals surface area (Å²) in [5.41, 5.74) is 2.57. The molecular weight excluding hydrogens is 313 g/mol. The first-order valence-corrected chi connectivity index (χ1v) is 9.28. The van der Waals surface area contributed by atoms with Gasteiger partial charge < -0.3 is 10.1 Å². The Labute approximate surface area is 151 Å². The lowest BCUT2D eigenvalue weighted by atomic mass is 9.88. The molecule has 1 atom stereocenters. The molecule has 2 N–H and O–H groups in total. The monoisotopic (exact) mass is 344 g/mol. The largest absolute Gasteiger partial charge is 0.497 e. The molecular formula is C22H31FNO+. The average molecular weight is 344 g/mol. The molecule has 25 heavy (non-hydrogen) atoms. The van der Waals surface area contributed by atoms with E-state index in [9.17, 15) is 4.39 Å². The highest BCUT2D eigenvalue weighted by Crippen LogP contribution is 2.27. The molecule has 2 aromatic rings. The molecule has 0 saturated carbocycles. The maximum atomic E-state index is 13.0. The summed E-state index contributed by atoms with van der Waals surface area (Å²) in [7, 11) is 1.70. The summed E-state index contributed by atoms with van der Waals surface area (Å²) in [5.74, 6) is 2.05. The Balaban J connectivity index is 1.87. The number of benzene rings is 2. The molecule has 0 bridgehead atoms. The van der Waals surface area contributed by atoms with Gasteiger partial charge in [0.05, 0.1) is 13.7 Å². The lowest BCUT2D eigenvalue weighted by molar-refractivity contribution is -0.671. The second-order valence-electron chi connectivity index (χ2n) is 7.14. The highest BCUT2D eigenvalue weighted by atomic mass is 19.1. The van der Waals surface area contributed by atoms with Gasteiger partial charge in [-0.05, 0) is 48.1 Å². The first-order valence-electron chi connectivity index (χ1n) is 9.28. The van der Waals surface area contributed by atoms with Crippen molar-refractivity contribution < 1.29 is 14.4 Å². The minimum absolute atomic E-state index is 0.169. The molecule has 0 aliphatic rings. The number of rotatable bonds is 10. The van der Waals surface area contributed by atoms with Crippen LogP contribution in [0.3, 0.4) is 0 Å². The van der Waals surface area contributed by atoms with E-state index in [0.29, 0.717) is 5.92 Å². The topological polar surface area (TPSA) is 25.8 Å². The van der Waals surface area contributed by atoms with Crippen LogP contribution in [-0.4, -0.2) is 13.7 Å². The minimum atomic E-state index is -0.169. The van der Waals surface area contributed by atoms with Gasteiger partial charge in [-0.1, -0.05) is 44.5 Å². The zero-order valence-electron chi connectivity index (χ0n) is 15.7. The fourth-order valence-electron chi connectivity index (χ4n) is 3.10. The third-order valence-corrected chi connectivity index (χ3v) is 4.69. The molecule has 2 aromatic carbocycles. The van der Waals surface area contributed by atoms with E-state index in [1.165, 1.54) is 36.1 Å². The Kier molecular flexibility index (Phi) is 7.93. The van der Waals surface area contributed by atoms with Crippen LogP contribution in [0.2, 0.25) is 0 Å². The summed E-state index contributed by atoms with van der Waals surface area (Å²) in [4.78, 5) is 0. The molecule has 0 aliphatic heterocycles. The Bertz CT molecular complexity index is 607. The lowest BCUT2D eigenvalue weighted by Crippen LogP contribution is -2.82. The van der Waals surface area contributed by atoms with E-state index in [1.807, 2.05) is 12.1 Å². The fourth-order valence-corrected chi connectivity index (χ4v) is 3.10. The van der Waals surface area contributed by atoms with Crippen LogP contribution in [0.25, 0.3) is 0 Å². The zero-order chi connectivity index (χ0) is 18.1. The second kappa shape index (κ2) is 10.2. The standard InChI is InChI=1S/C22H30FNO/c1-17(2)4-7-20(19-8-12-22(25-3)13-9-19)14-15-24-16-18-5-10-21(23)11-6-18/h5-6,8-13,17,20,24H,4,7,14-16H2,1-3H3/p+1/t20-/m0/s1. The second-order valence-corrected chi connectivity index (χ2v) is 7.14. The Hall–Kier alpha value is -1.87. The van der Waals surface area contributed by atoms with Gasteiger partial charge in [0.1, 0.15) is 18.1 Å². The van der Waals surface area contributed by atoms with Crippen LogP contribution in [0.4, 0.5) is 4.39 Å². The predicted molar refractivity (Wildman–Crippen MR) is 101 cm³/mol. The summed E-state index contributed by atoms with van der Waals surface area (Å²) in [6.45, 7) is 6.55. The molecule has 136 valence electrons. The van der Waals surface area contributed by atoms with E-state index in [0.717, 1.165) is 31.2 Å². The number of nitrogens with two attached hydrogens (primary N) is 1. The van der Waals surface area contributed by atoms with Crippen LogP contribution < -0.4 is 10.1 Å². The molecule has 0 aliphatic carbocycles. The number of hydrogen-bond donors (Lipinski definition) is 1. The Morgan fingerprint density at radius 2 is 1.60 bits per heavy atom. The van der Waals surface area contributed by atoms with Gasteiger partial charge in [-0.2, -0.15) is 0 Å². The van der Waals surface area contributed by atoms with Crippen LogP contribution in [-0.2, 0) is 6.54 Å². The number of ether oxygens (including phenoxy) is 1. The maximum absolute atomic E-state index is 13.0. The first-order chi connectivity index (χ1) is 12.1. The molecule has 0 radical (unpaired) electrons. The minimum Gasteiger partial charge on any atom is -0.497 e. The summed E-state index contributed by atoms with van der Waals surface area (Å²) in [6, 6.07) is 15.3. The third kappa shape index (κ3) is 6.87. The number of halogens is 1. The fraction of sp³-hybridized carbons (Fsp3) is 0.455. The van der Waals surface area contributed by atoms with E-state index in [-0.39, 0.29) is 5.82 Å². The van der Waals surface area contributed by atoms with Crippen LogP contribution in [0.5, 0.6) is 5.75 Å². The van der Waals surface area contributed by atoms with Gasteiger partial charge in [-0.3, -0.25) is 0 Å². The summed E-state index contributed by atoms with van der Waals surface area (Å²) < 4.78 is 18.2. The predicted octanol–water partition coefficient (Wildman–Crippen LogP) is 4.51.